The summed E-state index contributed by atoms with van der Waals surface area (Å²) in [4.78, 5) is 26.5. The Balaban J connectivity index is 1.50. The van der Waals surface area contributed by atoms with Crippen molar-refractivity contribution in [3.05, 3.63) is 59.7 Å². The largest absolute Gasteiger partial charge is 0.493 e. The Morgan fingerprint density at radius 2 is 1.59 bits per heavy atom. The lowest BCUT2D eigenvalue weighted by Crippen LogP contribution is -2.52. The molecular formula is C22H27N3O6S. The van der Waals surface area contributed by atoms with Crippen molar-refractivity contribution in [1.82, 2.24) is 14.5 Å². The molecule has 0 bridgehead atoms. The lowest BCUT2D eigenvalue weighted by atomic mass is 10.2. The molecule has 0 radical (unpaired) electrons. The van der Waals surface area contributed by atoms with Crippen LogP contribution in [0.3, 0.4) is 0 Å². The van der Waals surface area contributed by atoms with Gasteiger partial charge in [0.1, 0.15) is 0 Å². The fraction of sp³-hybridized carbons (Fsp3) is 0.364. The van der Waals surface area contributed by atoms with Crippen LogP contribution in [0.4, 0.5) is 0 Å². The molecule has 2 amide bonds. The van der Waals surface area contributed by atoms with Gasteiger partial charge in [0.2, 0.25) is 15.9 Å². The highest BCUT2D eigenvalue weighted by atomic mass is 32.2. The maximum absolute atomic E-state index is 12.6. The number of amides is 2. The fourth-order valence-electron chi connectivity index (χ4n) is 3.44. The third-order valence-electron chi connectivity index (χ3n) is 5.22. The van der Waals surface area contributed by atoms with E-state index >= 15 is 0 Å². The highest BCUT2D eigenvalue weighted by molar-refractivity contribution is 7.88. The summed E-state index contributed by atoms with van der Waals surface area (Å²) in [5, 5.41) is 2.60. The number of rotatable bonds is 8. The van der Waals surface area contributed by atoms with E-state index in [1.807, 2.05) is 6.07 Å². The summed E-state index contributed by atoms with van der Waals surface area (Å²) in [6, 6.07) is 13.7. The molecule has 1 saturated heterocycles. The van der Waals surface area contributed by atoms with Crippen LogP contribution >= 0.6 is 0 Å². The predicted octanol–water partition coefficient (Wildman–Crippen LogP) is 1.11. The number of nitrogens with zero attached hydrogens (tertiary/aromatic N) is 2. The summed E-state index contributed by atoms with van der Waals surface area (Å²) < 4.78 is 37.0. The predicted molar refractivity (Wildman–Crippen MR) is 119 cm³/mol. The molecule has 10 heteroatoms. The van der Waals surface area contributed by atoms with Crippen LogP contribution in [0.1, 0.15) is 15.9 Å². The van der Waals surface area contributed by atoms with Gasteiger partial charge in [0.25, 0.3) is 5.91 Å². The topological polar surface area (TPSA) is 105 Å². The van der Waals surface area contributed by atoms with Gasteiger partial charge in [0, 0.05) is 31.7 Å². The van der Waals surface area contributed by atoms with Crippen LogP contribution in [0.15, 0.2) is 48.5 Å². The zero-order chi connectivity index (χ0) is 23.1. The molecule has 0 atom stereocenters. The van der Waals surface area contributed by atoms with Crippen LogP contribution in [0, 0.1) is 0 Å². The fourth-order valence-corrected chi connectivity index (χ4v) is 4.95. The van der Waals surface area contributed by atoms with Crippen molar-refractivity contribution in [2.75, 3.05) is 46.9 Å². The molecule has 9 nitrogen and oxygen atoms in total. The first-order valence-electron chi connectivity index (χ1n) is 10.1. The van der Waals surface area contributed by atoms with E-state index in [2.05, 4.69) is 5.32 Å². The van der Waals surface area contributed by atoms with Crippen molar-refractivity contribution in [3.63, 3.8) is 0 Å². The molecule has 0 unspecified atom stereocenters. The zero-order valence-electron chi connectivity index (χ0n) is 18.1. The van der Waals surface area contributed by atoms with Crippen molar-refractivity contribution in [1.29, 1.82) is 0 Å². The second-order valence-corrected chi connectivity index (χ2v) is 9.24. The smallest absolute Gasteiger partial charge is 0.251 e. The molecule has 0 saturated carbocycles. The summed E-state index contributed by atoms with van der Waals surface area (Å²) in [5.74, 6) is 0.172. The van der Waals surface area contributed by atoms with Crippen LogP contribution in [0.25, 0.3) is 0 Å². The maximum atomic E-state index is 12.6. The number of nitrogens with one attached hydrogen (secondary N) is 1. The van der Waals surface area contributed by atoms with E-state index in [0.29, 0.717) is 17.1 Å². The average molecular weight is 462 g/mol. The van der Waals surface area contributed by atoms with Crippen LogP contribution in [-0.2, 0) is 20.6 Å². The van der Waals surface area contributed by atoms with Gasteiger partial charge >= 0.3 is 0 Å². The number of sulfonamides is 1. The quantitative estimate of drug-likeness (QED) is 0.631. The minimum atomic E-state index is -3.46. The second kappa shape index (κ2) is 10.5. The molecule has 0 aromatic heterocycles. The highest BCUT2D eigenvalue weighted by Gasteiger charge is 2.29. The Hall–Kier alpha value is -3.11. The monoisotopic (exact) mass is 461 g/mol. The summed E-state index contributed by atoms with van der Waals surface area (Å²) in [6.45, 7) is 0.831. The van der Waals surface area contributed by atoms with Crippen molar-refractivity contribution in [2.24, 2.45) is 0 Å². The minimum Gasteiger partial charge on any atom is -0.493 e. The van der Waals surface area contributed by atoms with Gasteiger partial charge in [-0.15, -0.1) is 0 Å². The summed E-state index contributed by atoms with van der Waals surface area (Å²) >= 11 is 0. The van der Waals surface area contributed by atoms with Gasteiger partial charge in [-0.25, -0.2) is 8.42 Å². The van der Waals surface area contributed by atoms with E-state index in [4.69, 9.17) is 9.47 Å². The number of hydrogen-bond acceptors (Lipinski definition) is 6. The third kappa shape index (κ3) is 5.77. The maximum Gasteiger partial charge on any atom is 0.251 e. The van der Waals surface area contributed by atoms with Crippen molar-refractivity contribution in [2.45, 2.75) is 5.75 Å². The summed E-state index contributed by atoms with van der Waals surface area (Å²) in [7, 11) is -0.478. The molecule has 1 fully saturated rings. The molecule has 172 valence electrons. The van der Waals surface area contributed by atoms with Gasteiger partial charge < -0.3 is 19.7 Å². The van der Waals surface area contributed by atoms with Crippen LogP contribution in [0.2, 0.25) is 0 Å². The van der Waals surface area contributed by atoms with Crippen molar-refractivity contribution in [3.8, 4) is 11.5 Å². The van der Waals surface area contributed by atoms with E-state index in [1.165, 1.54) is 24.6 Å². The molecule has 1 heterocycles. The Bertz CT molecular complexity index is 1050. The second-order valence-electron chi connectivity index (χ2n) is 7.27. The van der Waals surface area contributed by atoms with Gasteiger partial charge in [0.15, 0.2) is 11.5 Å². The highest BCUT2D eigenvalue weighted by Crippen LogP contribution is 2.27. The lowest BCUT2D eigenvalue weighted by molar-refractivity contribution is -0.131. The number of hydrogen-bond donors (Lipinski definition) is 1. The normalized spacial score (nSPS) is 14.6. The van der Waals surface area contributed by atoms with E-state index in [-0.39, 0.29) is 44.4 Å². The Labute approximate surface area is 188 Å². The Morgan fingerprint density at radius 1 is 0.938 bits per heavy atom. The number of carbonyl (C=O) groups excluding carboxylic acids is 2. The Morgan fingerprint density at radius 3 is 2.22 bits per heavy atom. The Kier molecular flexibility index (Phi) is 7.70. The van der Waals surface area contributed by atoms with E-state index < -0.39 is 15.9 Å². The molecule has 32 heavy (non-hydrogen) atoms. The summed E-state index contributed by atoms with van der Waals surface area (Å²) in [6.07, 6.45) is 0. The van der Waals surface area contributed by atoms with Crippen LogP contribution in [-0.4, -0.2) is 76.4 Å². The number of carbonyl (C=O) groups is 2. The van der Waals surface area contributed by atoms with Gasteiger partial charge in [0.05, 0.1) is 26.5 Å². The number of ether oxygens (including phenoxy) is 2. The first-order chi connectivity index (χ1) is 15.3. The number of piperazine rings is 1. The molecule has 0 spiro atoms. The SMILES string of the molecule is COc1ccc(C(=O)NCC(=O)N2CCN(S(=O)(=O)Cc3ccccc3)CC2)cc1OC. The standard InChI is InChI=1S/C22H27N3O6S/c1-30-19-9-8-18(14-20(19)31-2)22(27)23-15-21(26)24-10-12-25(13-11-24)32(28,29)16-17-6-4-3-5-7-17/h3-9,14H,10-13,15-16H2,1-2H3,(H,23,27). The van der Waals surface area contributed by atoms with Crippen molar-refractivity contribution < 1.29 is 27.5 Å². The van der Waals surface area contributed by atoms with Crippen molar-refractivity contribution >= 4 is 21.8 Å². The molecule has 2 aromatic carbocycles. The van der Waals surface area contributed by atoms with Gasteiger partial charge in [-0.1, -0.05) is 30.3 Å². The van der Waals surface area contributed by atoms with Gasteiger partial charge in [-0.3, -0.25) is 9.59 Å². The molecule has 0 aliphatic carbocycles. The molecule has 1 aliphatic heterocycles. The van der Waals surface area contributed by atoms with E-state index in [0.717, 1.165) is 5.56 Å². The first kappa shape index (κ1) is 23.6. The zero-order valence-corrected chi connectivity index (χ0v) is 18.9. The van der Waals surface area contributed by atoms with Gasteiger partial charge in [-0.05, 0) is 23.8 Å². The number of benzene rings is 2. The molecule has 2 aromatic rings. The van der Waals surface area contributed by atoms with Crippen LogP contribution in [0.5, 0.6) is 11.5 Å². The van der Waals surface area contributed by atoms with E-state index in [1.54, 1.807) is 41.3 Å². The van der Waals surface area contributed by atoms with Crippen LogP contribution < -0.4 is 14.8 Å². The van der Waals surface area contributed by atoms with Gasteiger partial charge in [-0.2, -0.15) is 4.31 Å². The minimum absolute atomic E-state index is 0.0663. The lowest BCUT2D eigenvalue weighted by Gasteiger charge is -2.34. The number of methoxy groups -OCH3 is 2. The van der Waals surface area contributed by atoms with E-state index in [9.17, 15) is 18.0 Å². The molecule has 1 N–H and O–H groups in total. The first-order valence-corrected chi connectivity index (χ1v) is 11.7. The average Bonchev–Trinajstić information content (AvgIpc) is 2.82. The molecule has 1 aliphatic rings. The third-order valence-corrected chi connectivity index (χ3v) is 7.07. The molecule has 3 rings (SSSR count). The summed E-state index contributed by atoms with van der Waals surface area (Å²) in [5.41, 5.74) is 1.07. The molecular weight excluding hydrogens is 434 g/mol.